The third kappa shape index (κ3) is 3.78. The number of anilines is 2. The Morgan fingerprint density at radius 1 is 1.22 bits per heavy atom. The molecule has 2 N–H and O–H groups in total. The summed E-state index contributed by atoms with van der Waals surface area (Å²) in [5.74, 6) is -0.693. The summed E-state index contributed by atoms with van der Waals surface area (Å²) in [6, 6.07) is 6.14. The normalized spacial score (nSPS) is 13.8. The van der Waals surface area contributed by atoms with Gasteiger partial charge in [0.15, 0.2) is 0 Å². The number of hydrogen-bond acceptors (Lipinski definition) is 4. The minimum absolute atomic E-state index is 0.0235. The highest BCUT2D eigenvalue weighted by Gasteiger charge is 2.25. The van der Waals surface area contributed by atoms with Gasteiger partial charge in [0.2, 0.25) is 5.91 Å². The van der Waals surface area contributed by atoms with Gasteiger partial charge in [0, 0.05) is 24.7 Å². The summed E-state index contributed by atoms with van der Waals surface area (Å²) in [4.78, 5) is 26.2. The molecule has 2 aromatic carbocycles. The largest absolute Gasteiger partial charge is 0.505 e. The molecule has 1 fully saturated rings. The van der Waals surface area contributed by atoms with Crippen molar-refractivity contribution >= 4 is 58.0 Å². The molecule has 3 rings (SSSR count). The topological polar surface area (TPSA) is 78.9 Å². The van der Waals surface area contributed by atoms with E-state index >= 15 is 0 Å². The predicted octanol–water partition coefficient (Wildman–Crippen LogP) is 4.74. The number of nitrogens with one attached hydrogen (secondary N) is 1. The third-order valence-electron chi connectivity index (χ3n) is 4.17. The van der Waals surface area contributed by atoms with E-state index in [4.69, 9.17) is 39.5 Å². The zero-order chi connectivity index (χ0) is 19.7. The lowest BCUT2D eigenvalue weighted by molar-refractivity contribution is -0.117. The summed E-state index contributed by atoms with van der Waals surface area (Å²) in [5, 5.41) is 12.5. The van der Waals surface area contributed by atoms with Crippen molar-refractivity contribution in [2.75, 3.05) is 23.9 Å². The maximum atomic E-state index is 12.6. The Morgan fingerprint density at radius 3 is 2.59 bits per heavy atom. The molecule has 1 heterocycles. The Labute approximate surface area is 170 Å². The van der Waals surface area contributed by atoms with E-state index in [0.29, 0.717) is 30.1 Å². The molecule has 2 aromatic rings. The molecule has 0 unspecified atom stereocenters. The molecule has 1 saturated heterocycles. The molecule has 1 aliphatic heterocycles. The molecule has 2 amide bonds. The van der Waals surface area contributed by atoms with Crippen LogP contribution in [0.1, 0.15) is 23.2 Å². The number of rotatable bonds is 4. The Bertz CT molecular complexity index is 907. The third-order valence-corrected chi connectivity index (χ3v) is 5.25. The van der Waals surface area contributed by atoms with E-state index in [9.17, 15) is 14.7 Å². The second kappa shape index (κ2) is 7.84. The van der Waals surface area contributed by atoms with Gasteiger partial charge < -0.3 is 20.1 Å². The molecule has 0 radical (unpaired) electrons. The maximum absolute atomic E-state index is 12.6. The minimum Gasteiger partial charge on any atom is -0.505 e. The number of amides is 2. The number of carbonyl (C=O) groups excluding carboxylic acids is 2. The maximum Gasteiger partial charge on any atom is 0.261 e. The zero-order valence-electron chi connectivity index (χ0n) is 14.2. The number of hydrogen-bond donors (Lipinski definition) is 2. The fourth-order valence-electron chi connectivity index (χ4n) is 2.87. The summed E-state index contributed by atoms with van der Waals surface area (Å²) in [6.45, 7) is 0.616. The number of ether oxygens (including phenoxy) is 1. The minimum atomic E-state index is -0.686. The average Bonchev–Trinajstić information content (AvgIpc) is 3.06. The molecule has 0 saturated carbocycles. The average molecular weight is 430 g/mol. The number of halogens is 3. The van der Waals surface area contributed by atoms with Crippen molar-refractivity contribution in [1.29, 1.82) is 0 Å². The Balaban J connectivity index is 1.91. The molecule has 9 heteroatoms. The van der Waals surface area contributed by atoms with E-state index in [1.165, 1.54) is 13.2 Å². The second-order valence-electron chi connectivity index (χ2n) is 5.87. The summed E-state index contributed by atoms with van der Waals surface area (Å²) >= 11 is 17.8. The molecule has 0 spiro atoms. The molecule has 0 bridgehead atoms. The lowest BCUT2D eigenvalue weighted by Crippen LogP contribution is -2.24. The van der Waals surface area contributed by atoms with Gasteiger partial charge in [-0.3, -0.25) is 9.59 Å². The summed E-state index contributed by atoms with van der Waals surface area (Å²) < 4.78 is 5.36. The van der Waals surface area contributed by atoms with Gasteiger partial charge in [0.1, 0.15) is 17.1 Å². The van der Waals surface area contributed by atoms with Gasteiger partial charge in [-0.1, -0.05) is 34.8 Å². The Hall–Kier alpha value is -2.15. The van der Waals surface area contributed by atoms with E-state index in [1.807, 2.05) is 0 Å². The van der Waals surface area contributed by atoms with Crippen LogP contribution in [0.5, 0.6) is 11.5 Å². The van der Waals surface area contributed by atoms with Crippen LogP contribution in [0.15, 0.2) is 24.3 Å². The van der Waals surface area contributed by atoms with Crippen molar-refractivity contribution in [2.45, 2.75) is 12.8 Å². The van der Waals surface area contributed by atoms with Gasteiger partial charge in [0.25, 0.3) is 5.91 Å². The first-order chi connectivity index (χ1) is 12.8. The van der Waals surface area contributed by atoms with Crippen molar-refractivity contribution in [1.82, 2.24) is 0 Å². The number of phenols is 1. The van der Waals surface area contributed by atoms with Crippen molar-refractivity contribution < 1.29 is 19.4 Å². The Kier molecular flexibility index (Phi) is 5.69. The van der Waals surface area contributed by atoms with Crippen LogP contribution in [-0.2, 0) is 4.79 Å². The number of benzene rings is 2. The fraction of sp³-hybridized carbons (Fsp3) is 0.222. The molecule has 0 aromatic heterocycles. The van der Waals surface area contributed by atoms with Crippen LogP contribution in [0, 0.1) is 0 Å². The van der Waals surface area contributed by atoms with E-state index in [-0.39, 0.29) is 26.5 Å². The van der Waals surface area contributed by atoms with Gasteiger partial charge in [-0.15, -0.1) is 0 Å². The van der Waals surface area contributed by atoms with Crippen molar-refractivity contribution in [3.8, 4) is 11.5 Å². The standard InChI is InChI=1S/C18H15Cl3N2O4/c1-27-13-7-9(4-5-12(13)23-6-2-3-14(23)24)22-18(26)15-16(21)10(19)8-11(20)17(15)25/h4-5,7-8,25H,2-3,6H2,1H3,(H,22,26). The highest BCUT2D eigenvalue weighted by Crippen LogP contribution is 2.39. The van der Waals surface area contributed by atoms with Gasteiger partial charge >= 0.3 is 0 Å². The number of aromatic hydroxyl groups is 1. The quantitative estimate of drug-likeness (QED) is 0.688. The highest BCUT2D eigenvalue weighted by molar-refractivity contribution is 6.46. The predicted molar refractivity (Wildman–Crippen MR) is 106 cm³/mol. The summed E-state index contributed by atoms with van der Waals surface area (Å²) in [5.41, 5.74) is 0.787. The van der Waals surface area contributed by atoms with Gasteiger partial charge in [0.05, 0.1) is 27.9 Å². The first kappa shape index (κ1) is 19.6. The van der Waals surface area contributed by atoms with Gasteiger partial charge in [-0.25, -0.2) is 0 Å². The molecule has 0 atom stereocenters. The van der Waals surface area contributed by atoms with Crippen LogP contribution in [-0.4, -0.2) is 30.6 Å². The van der Waals surface area contributed by atoms with E-state index in [1.54, 1.807) is 23.1 Å². The first-order valence-electron chi connectivity index (χ1n) is 7.99. The molecular weight excluding hydrogens is 415 g/mol. The fourth-order valence-corrected chi connectivity index (χ4v) is 3.56. The molecule has 0 aliphatic carbocycles. The van der Waals surface area contributed by atoms with E-state index in [0.717, 1.165) is 6.42 Å². The van der Waals surface area contributed by atoms with Gasteiger partial charge in [-0.2, -0.15) is 0 Å². The highest BCUT2D eigenvalue weighted by atomic mass is 35.5. The number of phenolic OH excluding ortho intramolecular Hbond substituents is 1. The second-order valence-corrected chi connectivity index (χ2v) is 7.06. The SMILES string of the molecule is COc1cc(NC(=O)c2c(O)c(Cl)cc(Cl)c2Cl)ccc1N1CCCC1=O. The lowest BCUT2D eigenvalue weighted by Gasteiger charge is -2.20. The number of carbonyl (C=O) groups is 2. The molecule has 27 heavy (non-hydrogen) atoms. The Morgan fingerprint density at radius 2 is 1.96 bits per heavy atom. The lowest BCUT2D eigenvalue weighted by atomic mass is 10.1. The van der Waals surface area contributed by atoms with E-state index in [2.05, 4.69) is 5.32 Å². The van der Waals surface area contributed by atoms with Crippen molar-refractivity contribution in [3.05, 3.63) is 44.9 Å². The molecule has 142 valence electrons. The van der Waals surface area contributed by atoms with Crippen molar-refractivity contribution in [3.63, 3.8) is 0 Å². The molecule has 1 aliphatic rings. The van der Waals surface area contributed by atoms with Crippen LogP contribution >= 0.6 is 34.8 Å². The monoisotopic (exact) mass is 428 g/mol. The summed E-state index contributed by atoms with van der Waals surface area (Å²) in [6.07, 6.45) is 1.28. The van der Waals surface area contributed by atoms with Crippen molar-refractivity contribution in [2.24, 2.45) is 0 Å². The van der Waals surface area contributed by atoms with E-state index < -0.39 is 11.7 Å². The number of nitrogens with zero attached hydrogens (tertiary/aromatic N) is 1. The number of methoxy groups -OCH3 is 1. The molecule has 6 nitrogen and oxygen atoms in total. The van der Waals surface area contributed by atoms with Crippen LogP contribution < -0.4 is 15.0 Å². The summed E-state index contributed by atoms with van der Waals surface area (Å²) in [7, 11) is 1.48. The van der Waals surface area contributed by atoms with Gasteiger partial charge in [-0.05, 0) is 24.6 Å². The van der Waals surface area contributed by atoms with Crippen LogP contribution in [0.25, 0.3) is 0 Å². The smallest absolute Gasteiger partial charge is 0.261 e. The van der Waals surface area contributed by atoms with Crippen LogP contribution in [0.2, 0.25) is 15.1 Å². The molecular formula is C18H15Cl3N2O4. The van der Waals surface area contributed by atoms with Crippen LogP contribution in [0.3, 0.4) is 0 Å². The zero-order valence-corrected chi connectivity index (χ0v) is 16.5. The first-order valence-corrected chi connectivity index (χ1v) is 9.13. The van der Waals surface area contributed by atoms with Crippen LogP contribution in [0.4, 0.5) is 11.4 Å².